The van der Waals surface area contributed by atoms with Crippen molar-refractivity contribution in [3.63, 3.8) is 0 Å². The topological polar surface area (TPSA) is 77.2 Å². The SMILES string of the molecule is COc1ccc(C(C)NC(=O)CCc2nc(-c3ccccc3Cl)no2)cc1. The zero-order chi connectivity index (χ0) is 19.2. The lowest BCUT2D eigenvalue weighted by Gasteiger charge is -2.14. The van der Waals surface area contributed by atoms with Gasteiger partial charge in [0.15, 0.2) is 0 Å². The number of carbonyl (C=O) groups excluding carboxylic acids is 1. The molecule has 140 valence electrons. The number of aromatic nitrogens is 2. The molecule has 0 aliphatic carbocycles. The lowest BCUT2D eigenvalue weighted by Crippen LogP contribution is -2.26. The normalized spacial score (nSPS) is 11.8. The Kier molecular flexibility index (Phi) is 6.08. The van der Waals surface area contributed by atoms with Gasteiger partial charge in [-0.25, -0.2) is 0 Å². The van der Waals surface area contributed by atoms with Crippen molar-refractivity contribution in [3.8, 4) is 17.1 Å². The Labute approximate surface area is 162 Å². The Hall–Kier alpha value is -2.86. The Morgan fingerprint density at radius 1 is 1.22 bits per heavy atom. The number of hydrogen-bond acceptors (Lipinski definition) is 5. The van der Waals surface area contributed by atoms with E-state index in [1.165, 1.54) is 0 Å². The Bertz CT molecular complexity index is 909. The molecule has 1 amide bonds. The number of nitrogens with one attached hydrogen (secondary N) is 1. The van der Waals surface area contributed by atoms with Crippen LogP contribution in [0.5, 0.6) is 5.75 Å². The molecular formula is C20H20ClN3O3. The van der Waals surface area contributed by atoms with Gasteiger partial charge in [0.1, 0.15) is 5.75 Å². The first-order valence-corrected chi connectivity index (χ1v) is 8.95. The number of halogens is 1. The minimum atomic E-state index is -0.107. The average molecular weight is 386 g/mol. The number of hydrogen-bond donors (Lipinski definition) is 1. The molecule has 0 saturated heterocycles. The van der Waals surface area contributed by atoms with Crippen molar-refractivity contribution in [1.82, 2.24) is 15.5 Å². The number of rotatable bonds is 7. The van der Waals surface area contributed by atoms with Crippen LogP contribution in [0.3, 0.4) is 0 Å². The minimum Gasteiger partial charge on any atom is -0.497 e. The monoisotopic (exact) mass is 385 g/mol. The van der Waals surface area contributed by atoms with Gasteiger partial charge < -0.3 is 14.6 Å². The summed E-state index contributed by atoms with van der Waals surface area (Å²) in [6.07, 6.45) is 0.614. The fourth-order valence-corrected chi connectivity index (χ4v) is 2.84. The van der Waals surface area contributed by atoms with E-state index in [1.54, 1.807) is 13.2 Å². The summed E-state index contributed by atoms with van der Waals surface area (Å²) < 4.78 is 10.4. The number of amides is 1. The summed E-state index contributed by atoms with van der Waals surface area (Å²) in [7, 11) is 1.62. The molecule has 0 radical (unpaired) electrons. The summed E-state index contributed by atoms with van der Waals surface area (Å²) in [5.41, 5.74) is 1.70. The lowest BCUT2D eigenvalue weighted by atomic mass is 10.1. The first kappa shape index (κ1) is 18.9. The predicted octanol–water partition coefficient (Wildman–Crippen LogP) is 4.21. The molecule has 3 aromatic rings. The second kappa shape index (κ2) is 8.68. The fourth-order valence-electron chi connectivity index (χ4n) is 2.62. The molecule has 1 N–H and O–H groups in total. The molecule has 1 unspecified atom stereocenters. The maximum absolute atomic E-state index is 12.2. The van der Waals surface area contributed by atoms with E-state index in [9.17, 15) is 4.79 Å². The molecule has 27 heavy (non-hydrogen) atoms. The van der Waals surface area contributed by atoms with Crippen LogP contribution in [0.2, 0.25) is 5.02 Å². The highest BCUT2D eigenvalue weighted by molar-refractivity contribution is 6.33. The van der Waals surface area contributed by atoms with E-state index in [-0.39, 0.29) is 18.4 Å². The van der Waals surface area contributed by atoms with E-state index in [2.05, 4.69) is 15.5 Å². The van der Waals surface area contributed by atoms with Crippen molar-refractivity contribution in [2.75, 3.05) is 7.11 Å². The molecule has 0 fully saturated rings. The molecule has 6 nitrogen and oxygen atoms in total. The average Bonchev–Trinajstić information content (AvgIpc) is 3.15. The summed E-state index contributed by atoms with van der Waals surface area (Å²) >= 11 is 6.14. The van der Waals surface area contributed by atoms with Gasteiger partial charge in [-0.1, -0.05) is 41.0 Å². The smallest absolute Gasteiger partial charge is 0.227 e. The van der Waals surface area contributed by atoms with Crippen molar-refractivity contribution in [1.29, 1.82) is 0 Å². The summed E-state index contributed by atoms with van der Waals surface area (Å²) in [5, 5.41) is 7.45. The zero-order valence-electron chi connectivity index (χ0n) is 15.1. The highest BCUT2D eigenvalue weighted by atomic mass is 35.5. The van der Waals surface area contributed by atoms with Crippen molar-refractivity contribution in [2.24, 2.45) is 0 Å². The van der Waals surface area contributed by atoms with Gasteiger partial charge >= 0.3 is 0 Å². The summed E-state index contributed by atoms with van der Waals surface area (Å²) in [6, 6.07) is 14.8. The molecule has 3 rings (SSSR count). The van der Waals surface area contributed by atoms with Crippen molar-refractivity contribution in [2.45, 2.75) is 25.8 Å². The number of methoxy groups -OCH3 is 1. The summed E-state index contributed by atoms with van der Waals surface area (Å²) in [4.78, 5) is 16.5. The number of ether oxygens (including phenoxy) is 1. The van der Waals surface area contributed by atoms with Gasteiger partial charge in [0.05, 0.1) is 18.2 Å². The van der Waals surface area contributed by atoms with Crippen LogP contribution in [0.4, 0.5) is 0 Å². The summed E-state index contributed by atoms with van der Waals surface area (Å²) in [5.74, 6) is 1.51. The number of aryl methyl sites for hydroxylation is 1. The van der Waals surface area contributed by atoms with E-state index in [0.29, 0.717) is 28.7 Å². The van der Waals surface area contributed by atoms with E-state index < -0.39 is 0 Å². The van der Waals surface area contributed by atoms with Gasteiger partial charge in [0, 0.05) is 18.4 Å². The third kappa shape index (κ3) is 4.86. The van der Waals surface area contributed by atoms with Crippen LogP contribution in [-0.2, 0) is 11.2 Å². The Morgan fingerprint density at radius 3 is 2.67 bits per heavy atom. The molecule has 0 aliphatic heterocycles. The molecule has 1 atom stereocenters. The highest BCUT2D eigenvalue weighted by Gasteiger charge is 2.14. The Morgan fingerprint density at radius 2 is 1.96 bits per heavy atom. The lowest BCUT2D eigenvalue weighted by molar-refractivity contribution is -0.121. The highest BCUT2D eigenvalue weighted by Crippen LogP contribution is 2.25. The molecule has 1 aromatic heterocycles. The van der Waals surface area contributed by atoms with Crippen molar-refractivity contribution < 1.29 is 14.1 Å². The first-order valence-electron chi connectivity index (χ1n) is 8.57. The van der Waals surface area contributed by atoms with Crippen molar-refractivity contribution in [3.05, 3.63) is 65.0 Å². The number of carbonyl (C=O) groups is 1. The maximum atomic E-state index is 12.2. The van der Waals surface area contributed by atoms with Crippen LogP contribution in [0.1, 0.15) is 30.8 Å². The van der Waals surface area contributed by atoms with Crippen LogP contribution >= 0.6 is 11.6 Å². The molecule has 0 aliphatic rings. The predicted molar refractivity (Wildman–Crippen MR) is 103 cm³/mol. The number of nitrogens with zero attached hydrogens (tertiary/aromatic N) is 2. The molecule has 0 saturated carbocycles. The zero-order valence-corrected chi connectivity index (χ0v) is 15.9. The van der Waals surface area contributed by atoms with E-state index >= 15 is 0 Å². The molecule has 2 aromatic carbocycles. The fraction of sp³-hybridized carbons (Fsp3) is 0.250. The van der Waals surface area contributed by atoms with Gasteiger partial charge in [0.25, 0.3) is 0 Å². The maximum Gasteiger partial charge on any atom is 0.227 e. The van der Waals surface area contributed by atoms with Gasteiger partial charge in [-0.2, -0.15) is 4.98 Å². The van der Waals surface area contributed by atoms with Crippen LogP contribution < -0.4 is 10.1 Å². The van der Waals surface area contributed by atoms with Gasteiger partial charge in [-0.05, 0) is 36.8 Å². The van der Waals surface area contributed by atoms with E-state index in [4.69, 9.17) is 20.9 Å². The van der Waals surface area contributed by atoms with Crippen molar-refractivity contribution >= 4 is 17.5 Å². The van der Waals surface area contributed by atoms with E-state index in [0.717, 1.165) is 11.3 Å². The van der Waals surface area contributed by atoms with Crippen LogP contribution in [-0.4, -0.2) is 23.2 Å². The molecular weight excluding hydrogens is 366 g/mol. The summed E-state index contributed by atoms with van der Waals surface area (Å²) in [6.45, 7) is 1.93. The van der Waals surface area contributed by atoms with Gasteiger partial charge in [0.2, 0.25) is 17.6 Å². The third-order valence-corrected chi connectivity index (χ3v) is 4.47. The quantitative estimate of drug-likeness (QED) is 0.659. The first-order chi connectivity index (χ1) is 13.1. The third-order valence-electron chi connectivity index (χ3n) is 4.14. The molecule has 7 heteroatoms. The van der Waals surface area contributed by atoms with Crippen LogP contribution in [0.15, 0.2) is 53.1 Å². The Balaban J connectivity index is 1.54. The molecule has 0 spiro atoms. The number of benzene rings is 2. The van der Waals surface area contributed by atoms with Crippen LogP contribution in [0.25, 0.3) is 11.4 Å². The molecule has 0 bridgehead atoms. The van der Waals surface area contributed by atoms with Crippen LogP contribution in [0, 0.1) is 0 Å². The largest absolute Gasteiger partial charge is 0.497 e. The second-order valence-electron chi connectivity index (χ2n) is 6.05. The van der Waals surface area contributed by atoms with Gasteiger partial charge in [-0.3, -0.25) is 4.79 Å². The second-order valence-corrected chi connectivity index (χ2v) is 6.46. The standard InChI is InChI=1S/C20H20ClN3O3/c1-13(14-7-9-15(26-2)10-8-14)22-18(25)11-12-19-23-20(24-27-19)16-5-3-4-6-17(16)21/h3-10,13H,11-12H2,1-2H3,(H,22,25). The van der Waals surface area contributed by atoms with Gasteiger partial charge in [-0.15, -0.1) is 0 Å². The van der Waals surface area contributed by atoms with E-state index in [1.807, 2.05) is 49.4 Å². The minimum absolute atomic E-state index is 0.0872. The molecule has 1 heterocycles.